The summed E-state index contributed by atoms with van der Waals surface area (Å²) in [6.45, 7) is 3.62. The number of nitrogens with one attached hydrogen (secondary N) is 1. The van der Waals surface area contributed by atoms with Crippen LogP contribution >= 0.6 is 0 Å². The number of carbonyl (C=O) groups is 1. The molecule has 1 amide bonds. The van der Waals surface area contributed by atoms with Gasteiger partial charge in [-0.2, -0.15) is 0 Å². The molecule has 3 aromatic carbocycles. The lowest BCUT2D eigenvalue weighted by Crippen LogP contribution is -2.32. The van der Waals surface area contributed by atoms with Gasteiger partial charge in [0, 0.05) is 30.9 Å². The summed E-state index contributed by atoms with van der Waals surface area (Å²) in [5.41, 5.74) is 5.67. The lowest BCUT2D eigenvalue weighted by Gasteiger charge is -2.23. The largest absolute Gasteiger partial charge is 0.369 e. The molecule has 36 heavy (non-hydrogen) atoms. The maximum Gasteiger partial charge on any atom is 0.223 e. The average molecular weight is 479 g/mol. The number of benzene rings is 3. The van der Waals surface area contributed by atoms with Gasteiger partial charge in [0.1, 0.15) is 12.1 Å². The third kappa shape index (κ3) is 5.91. The fourth-order valence-corrected chi connectivity index (χ4v) is 4.67. The van der Waals surface area contributed by atoms with Crippen molar-refractivity contribution < 1.29 is 4.79 Å². The van der Waals surface area contributed by atoms with Crippen molar-refractivity contribution in [1.82, 2.24) is 14.9 Å². The van der Waals surface area contributed by atoms with E-state index in [0.29, 0.717) is 24.9 Å². The van der Waals surface area contributed by atoms with Gasteiger partial charge < -0.3 is 10.2 Å². The van der Waals surface area contributed by atoms with Crippen molar-refractivity contribution in [2.45, 2.75) is 58.0 Å². The van der Waals surface area contributed by atoms with Crippen LogP contribution in [-0.2, 0) is 17.8 Å². The Morgan fingerprint density at radius 1 is 0.944 bits per heavy atom. The molecule has 0 bridgehead atoms. The van der Waals surface area contributed by atoms with Crippen molar-refractivity contribution in [3.8, 4) is 11.1 Å². The summed E-state index contributed by atoms with van der Waals surface area (Å²) in [7, 11) is 0. The fourth-order valence-electron chi connectivity index (χ4n) is 4.67. The number of amides is 1. The Morgan fingerprint density at radius 3 is 2.56 bits per heavy atom. The van der Waals surface area contributed by atoms with Crippen LogP contribution in [0.15, 0.2) is 79.1 Å². The molecule has 5 rings (SSSR count). The molecule has 1 saturated carbocycles. The van der Waals surface area contributed by atoms with E-state index in [2.05, 4.69) is 93.8 Å². The van der Waals surface area contributed by atoms with Crippen molar-refractivity contribution in [3.63, 3.8) is 0 Å². The number of fused-ring (bicyclic) bond motifs is 1. The summed E-state index contributed by atoms with van der Waals surface area (Å²) in [5, 5.41) is 4.52. The zero-order chi connectivity index (χ0) is 24.7. The minimum atomic E-state index is 0.291. The third-order valence-electron chi connectivity index (χ3n) is 6.85. The predicted molar refractivity (Wildman–Crippen MR) is 147 cm³/mol. The van der Waals surface area contributed by atoms with Gasteiger partial charge in [0.25, 0.3) is 0 Å². The molecule has 1 fully saturated rings. The van der Waals surface area contributed by atoms with Gasteiger partial charge in [0.05, 0.1) is 5.52 Å². The summed E-state index contributed by atoms with van der Waals surface area (Å²) in [5.74, 6) is 1.15. The van der Waals surface area contributed by atoms with Gasteiger partial charge in [-0.05, 0) is 66.1 Å². The molecule has 1 heterocycles. The van der Waals surface area contributed by atoms with Crippen LogP contribution in [0.1, 0.15) is 50.2 Å². The van der Waals surface area contributed by atoms with E-state index in [4.69, 9.17) is 0 Å². The molecule has 1 aliphatic carbocycles. The summed E-state index contributed by atoms with van der Waals surface area (Å²) in [6, 6.07) is 25.8. The second-order valence-electron chi connectivity index (χ2n) is 9.67. The van der Waals surface area contributed by atoms with Gasteiger partial charge in [-0.25, -0.2) is 9.97 Å². The molecule has 184 valence electrons. The van der Waals surface area contributed by atoms with Gasteiger partial charge in [0.2, 0.25) is 5.91 Å². The van der Waals surface area contributed by atoms with E-state index < -0.39 is 0 Å². The number of rotatable bonds is 11. The van der Waals surface area contributed by atoms with E-state index in [0.717, 1.165) is 66.5 Å². The van der Waals surface area contributed by atoms with E-state index in [1.54, 1.807) is 6.33 Å². The maximum absolute atomic E-state index is 12.8. The van der Waals surface area contributed by atoms with E-state index in [-0.39, 0.29) is 0 Å². The van der Waals surface area contributed by atoms with Gasteiger partial charge >= 0.3 is 0 Å². The topological polar surface area (TPSA) is 58.1 Å². The van der Waals surface area contributed by atoms with Crippen molar-refractivity contribution in [2.24, 2.45) is 0 Å². The minimum Gasteiger partial charge on any atom is -0.369 e. The first-order valence-electron chi connectivity index (χ1n) is 13.1. The molecule has 0 unspecified atom stereocenters. The molecule has 0 spiro atoms. The molecule has 5 heteroatoms. The highest BCUT2D eigenvalue weighted by molar-refractivity contribution is 5.92. The highest BCUT2D eigenvalue weighted by Gasteiger charge is 2.32. The first-order chi connectivity index (χ1) is 17.7. The molecule has 1 N–H and O–H groups in total. The van der Waals surface area contributed by atoms with E-state index in [9.17, 15) is 4.79 Å². The first kappa shape index (κ1) is 24.0. The van der Waals surface area contributed by atoms with Gasteiger partial charge in [-0.15, -0.1) is 0 Å². The highest BCUT2D eigenvalue weighted by atomic mass is 16.2. The van der Waals surface area contributed by atoms with Crippen LogP contribution in [0.4, 0.5) is 5.82 Å². The number of unbranched alkanes of at least 4 members (excludes halogenated alkanes) is 1. The summed E-state index contributed by atoms with van der Waals surface area (Å²) >= 11 is 0. The normalized spacial score (nSPS) is 13.0. The Balaban J connectivity index is 1.34. The Bertz CT molecular complexity index is 1320. The minimum absolute atomic E-state index is 0.291. The zero-order valence-electron chi connectivity index (χ0n) is 21.0. The molecular weight excluding hydrogens is 444 g/mol. The van der Waals surface area contributed by atoms with Crippen LogP contribution < -0.4 is 5.32 Å². The van der Waals surface area contributed by atoms with E-state index in [1.807, 2.05) is 6.07 Å². The van der Waals surface area contributed by atoms with Gasteiger partial charge in [-0.1, -0.05) is 67.9 Å². The quantitative estimate of drug-likeness (QED) is 0.263. The maximum atomic E-state index is 12.8. The number of nitrogens with zero attached hydrogens (tertiary/aromatic N) is 3. The van der Waals surface area contributed by atoms with Crippen LogP contribution in [0, 0.1) is 0 Å². The van der Waals surface area contributed by atoms with E-state index >= 15 is 0 Å². The van der Waals surface area contributed by atoms with Gasteiger partial charge in [-0.3, -0.25) is 4.79 Å². The standard InChI is InChI=1S/C31H34N4O/c1-2-3-12-30(36)35(27-14-15-27)21-24-10-7-11-25(19-24)26-13-16-29-28(20-26)31(34-22-33-29)32-18-17-23-8-5-4-6-9-23/h4-11,13,16,19-20,22,27H,2-3,12,14-15,17-18,21H2,1H3,(H,32,33,34). The number of hydrogen-bond donors (Lipinski definition) is 1. The fraction of sp³-hybridized carbons (Fsp3) is 0.323. The SMILES string of the molecule is CCCCC(=O)N(Cc1cccc(-c2ccc3ncnc(NCCc4ccccc4)c3c2)c1)C1CC1. The van der Waals surface area contributed by atoms with Crippen molar-refractivity contribution >= 4 is 22.6 Å². The molecule has 0 saturated heterocycles. The lowest BCUT2D eigenvalue weighted by molar-refractivity contribution is -0.132. The van der Waals surface area contributed by atoms with Crippen LogP contribution in [0.2, 0.25) is 0 Å². The Morgan fingerprint density at radius 2 is 1.75 bits per heavy atom. The molecule has 0 radical (unpaired) electrons. The van der Waals surface area contributed by atoms with Gasteiger partial charge in [0.15, 0.2) is 0 Å². The molecule has 1 aliphatic rings. The number of aromatic nitrogens is 2. The molecule has 4 aromatic rings. The molecule has 0 atom stereocenters. The van der Waals surface area contributed by atoms with Crippen molar-refractivity contribution in [1.29, 1.82) is 0 Å². The first-order valence-corrected chi connectivity index (χ1v) is 13.1. The predicted octanol–water partition coefficient (Wildman–Crippen LogP) is 6.63. The number of hydrogen-bond acceptors (Lipinski definition) is 4. The van der Waals surface area contributed by atoms with Crippen molar-refractivity contribution in [3.05, 3.63) is 90.3 Å². The Kier molecular flexibility index (Phi) is 7.55. The zero-order valence-corrected chi connectivity index (χ0v) is 21.0. The summed E-state index contributed by atoms with van der Waals surface area (Å²) in [4.78, 5) is 23.9. The van der Waals surface area contributed by atoms with Crippen LogP contribution in [-0.4, -0.2) is 33.4 Å². The smallest absolute Gasteiger partial charge is 0.223 e. The van der Waals surface area contributed by atoms with Crippen molar-refractivity contribution in [2.75, 3.05) is 11.9 Å². The average Bonchev–Trinajstić information content (AvgIpc) is 3.76. The number of carbonyl (C=O) groups excluding carboxylic acids is 1. The van der Waals surface area contributed by atoms with Crippen LogP contribution in [0.5, 0.6) is 0 Å². The molecule has 5 nitrogen and oxygen atoms in total. The Hall–Kier alpha value is -3.73. The second-order valence-corrected chi connectivity index (χ2v) is 9.67. The Labute approximate surface area is 213 Å². The molecule has 0 aliphatic heterocycles. The number of anilines is 1. The van der Waals surface area contributed by atoms with E-state index in [1.165, 1.54) is 11.1 Å². The van der Waals surface area contributed by atoms with Crippen LogP contribution in [0.3, 0.4) is 0 Å². The second kappa shape index (κ2) is 11.3. The third-order valence-corrected chi connectivity index (χ3v) is 6.85. The summed E-state index contributed by atoms with van der Waals surface area (Å²) < 4.78 is 0. The highest BCUT2D eigenvalue weighted by Crippen LogP contribution is 2.31. The monoisotopic (exact) mass is 478 g/mol. The summed E-state index contributed by atoms with van der Waals surface area (Å²) in [6.07, 6.45) is 7.47. The molecule has 1 aromatic heterocycles. The van der Waals surface area contributed by atoms with Crippen LogP contribution in [0.25, 0.3) is 22.0 Å². The lowest BCUT2D eigenvalue weighted by atomic mass is 10.0. The molecular formula is C31H34N4O.